The van der Waals surface area contributed by atoms with E-state index in [0.717, 1.165) is 24.9 Å². The Hall–Kier alpha value is -1.62. The molecular weight excluding hydrogens is 233 g/mol. The zero-order chi connectivity index (χ0) is 12.7. The number of likely N-dealkylation sites (tertiary alicyclic amines) is 1. The molecule has 2 unspecified atom stereocenters. The number of halogens is 1. The number of carbonyl (C=O) groups is 1. The molecule has 1 aromatic carbocycles. The van der Waals surface area contributed by atoms with Gasteiger partial charge in [-0.15, -0.1) is 0 Å². The van der Waals surface area contributed by atoms with Crippen molar-refractivity contribution in [2.75, 3.05) is 18.9 Å². The van der Waals surface area contributed by atoms with Gasteiger partial charge in [-0.1, -0.05) is 0 Å². The summed E-state index contributed by atoms with van der Waals surface area (Å²) in [6.07, 6.45) is 2.14. The maximum absolute atomic E-state index is 13.4. The van der Waals surface area contributed by atoms with Gasteiger partial charge in [0.25, 0.3) is 0 Å². The fraction of sp³-hybridized carbons (Fsp3) is 0.462. The minimum Gasteiger partial charge on any atom is -0.329 e. The van der Waals surface area contributed by atoms with Crippen molar-refractivity contribution in [3.05, 3.63) is 29.6 Å². The monoisotopic (exact) mass is 249 g/mol. The van der Waals surface area contributed by atoms with Gasteiger partial charge in [-0.3, -0.25) is 0 Å². The molecule has 0 aliphatic carbocycles. The van der Waals surface area contributed by atoms with E-state index in [-0.39, 0.29) is 23.9 Å². The standard InChI is InChI=1S/C13H16FN3O/c1-17-6-2-3-11(17)12-9-7-8(14)4-5-10(9)15-13(18)16-12/h4-5,7,11-12H,2-3,6H2,1H3,(H2,15,16,18). The van der Waals surface area contributed by atoms with E-state index in [1.807, 2.05) is 7.05 Å². The lowest BCUT2D eigenvalue weighted by molar-refractivity contribution is 0.222. The summed E-state index contributed by atoms with van der Waals surface area (Å²) < 4.78 is 13.4. The summed E-state index contributed by atoms with van der Waals surface area (Å²) in [4.78, 5) is 13.9. The van der Waals surface area contributed by atoms with Crippen LogP contribution >= 0.6 is 0 Å². The third-order valence-electron chi connectivity index (χ3n) is 3.85. The normalized spacial score (nSPS) is 27.6. The van der Waals surface area contributed by atoms with Crippen molar-refractivity contribution < 1.29 is 9.18 Å². The number of amides is 2. The Morgan fingerprint density at radius 3 is 3.00 bits per heavy atom. The summed E-state index contributed by atoms with van der Waals surface area (Å²) in [7, 11) is 2.05. The van der Waals surface area contributed by atoms with Crippen LogP contribution in [0.3, 0.4) is 0 Å². The van der Waals surface area contributed by atoms with Crippen LogP contribution in [0, 0.1) is 5.82 Å². The van der Waals surface area contributed by atoms with Gasteiger partial charge >= 0.3 is 6.03 Å². The molecule has 1 saturated heterocycles. The summed E-state index contributed by atoms with van der Waals surface area (Å²) in [5.41, 5.74) is 1.55. The van der Waals surface area contributed by atoms with Crippen molar-refractivity contribution in [3.8, 4) is 0 Å². The van der Waals surface area contributed by atoms with Crippen molar-refractivity contribution in [1.29, 1.82) is 0 Å². The molecule has 0 bridgehead atoms. The molecule has 0 radical (unpaired) electrons. The molecule has 5 heteroatoms. The molecule has 2 aliphatic heterocycles. The smallest absolute Gasteiger partial charge is 0.319 e. The fourth-order valence-corrected chi connectivity index (χ4v) is 2.94. The molecule has 18 heavy (non-hydrogen) atoms. The van der Waals surface area contributed by atoms with Crippen LogP contribution in [0.5, 0.6) is 0 Å². The van der Waals surface area contributed by atoms with Gasteiger partial charge in [-0.2, -0.15) is 0 Å². The average Bonchev–Trinajstić information content (AvgIpc) is 2.75. The molecule has 0 spiro atoms. The highest BCUT2D eigenvalue weighted by atomic mass is 19.1. The van der Waals surface area contributed by atoms with Gasteiger partial charge in [0.05, 0.1) is 6.04 Å². The zero-order valence-corrected chi connectivity index (χ0v) is 10.2. The molecule has 1 fully saturated rings. The molecule has 2 heterocycles. The predicted molar refractivity (Wildman–Crippen MR) is 66.9 cm³/mol. The van der Waals surface area contributed by atoms with Crippen molar-refractivity contribution in [2.24, 2.45) is 0 Å². The Balaban J connectivity index is 2.00. The molecule has 0 saturated carbocycles. The maximum Gasteiger partial charge on any atom is 0.319 e. The first-order chi connectivity index (χ1) is 8.65. The number of urea groups is 1. The number of nitrogens with zero attached hydrogens (tertiary/aromatic N) is 1. The summed E-state index contributed by atoms with van der Waals surface area (Å²) >= 11 is 0. The molecule has 0 aromatic heterocycles. The Bertz CT molecular complexity index is 491. The number of nitrogens with one attached hydrogen (secondary N) is 2. The number of carbonyl (C=O) groups excluding carboxylic acids is 1. The average molecular weight is 249 g/mol. The van der Waals surface area contributed by atoms with Crippen LogP contribution in [-0.4, -0.2) is 30.6 Å². The second-order valence-corrected chi connectivity index (χ2v) is 5.00. The van der Waals surface area contributed by atoms with Gasteiger partial charge in [-0.05, 0) is 44.6 Å². The number of benzene rings is 1. The van der Waals surface area contributed by atoms with Crippen molar-refractivity contribution in [3.63, 3.8) is 0 Å². The molecule has 3 rings (SSSR count). The molecular formula is C13H16FN3O. The summed E-state index contributed by atoms with van der Waals surface area (Å²) in [5, 5.41) is 5.63. The van der Waals surface area contributed by atoms with Crippen LogP contribution in [-0.2, 0) is 0 Å². The summed E-state index contributed by atoms with van der Waals surface area (Å²) in [5.74, 6) is -0.266. The van der Waals surface area contributed by atoms with E-state index in [1.165, 1.54) is 12.1 Å². The van der Waals surface area contributed by atoms with Gasteiger partial charge in [0.1, 0.15) is 5.82 Å². The van der Waals surface area contributed by atoms with E-state index < -0.39 is 0 Å². The predicted octanol–water partition coefficient (Wildman–Crippen LogP) is 2.10. The molecule has 2 aliphatic rings. The Morgan fingerprint density at radius 1 is 1.44 bits per heavy atom. The molecule has 2 atom stereocenters. The molecule has 4 nitrogen and oxygen atoms in total. The number of likely N-dealkylation sites (N-methyl/N-ethyl adjacent to an activating group) is 1. The fourth-order valence-electron chi connectivity index (χ4n) is 2.94. The van der Waals surface area contributed by atoms with Crippen molar-refractivity contribution in [2.45, 2.75) is 24.9 Å². The van der Waals surface area contributed by atoms with E-state index >= 15 is 0 Å². The zero-order valence-electron chi connectivity index (χ0n) is 10.2. The highest BCUT2D eigenvalue weighted by Gasteiger charge is 2.35. The second-order valence-electron chi connectivity index (χ2n) is 5.00. The molecule has 96 valence electrons. The maximum atomic E-state index is 13.4. The van der Waals surface area contributed by atoms with Crippen molar-refractivity contribution in [1.82, 2.24) is 10.2 Å². The van der Waals surface area contributed by atoms with Crippen LogP contribution in [0.4, 0.5) is 14.9 Å². The Morgan fingerprint density at radius 2 is 2.28 bits per heavy atom. The number of fused-ring (bicyclic) bond motifs is 1. The largest absolute Gasteiger partial charge is 0.329 e. The molecule has 2 amide bonds. The Kier molecular flexibility index (Phi) is 2.70. The number of hydrogen-bond donors (Lipinski definition) is 2. The number of anilines is 1. The van der Waals surface area contributed by atoms with Crippen LogP contribution in [0.1, 0.15) is 24.4 Å². The number of hydrogen-bond acceptors (Lipinski definition) is 2. The topological polar surface area (TPSA) is 44.4 Å². The third kappa shape index (κ3) is 1.84. The highest BCUT2D eigenvalue weighted by molar-refractivity contribution is 5.93. The quantitative estimate of drug-likeness (QED) is 0.800. The van der Waals surface area contributed by atoms with E-state index in [9.17, 15) is 9.18 Å². The first kappa shape index (κ1) is 11.5. The highest BCUT2D eigenvalue weighted by Crippen LogP contribution is 2.35. The lowest BCUT2D eigenvalue weighted by Gasteiger charge is -2.34. The van der Waals surface area contributed by atoms with Gasteiger partial charge in [-0.25, -0.2) is 9.18 Å². The summed E-state index contributed by atoms with van der Waals surface area (Å²) in [6, 6.07) is 4.43. The van der Waals surface area contributed by atoms with E-state index in [1.54, 1.807) is 6.07 Å². The third-order valence-corrected chi connectivity index (χ3v) is 3.85. The van der Waals surface area contributed by atoms with Gasteiger partial charge < -0.3 is 15.5 Å². The SMILES string of the molecule is CN1CCCC1C1NC(=O)Nc2ccc(F)cc21. The van der Waals surface area contributed by atoms with Crippen LogP contribution in [0.15, 0.2) is 18.2 Å². The second kappa shape index (κ2) is 4.24. The minimum absolute atomic E-state index is 0.128. The van der Waals surface area contributed by atoms with Gasteiger partial charge in [0.2, 0.25) is 0 Å². The van der Waals surface area contributed by atoms with E-state index in [4.69, 9.17) is 0 Å². The van der Waals surface area contributed by atoms with E-state index in [2.05, 4.69) is 15.5 Å². The number of rotatable bonds is 1. The Labute approximate surface area is 105 Å². The molecule has 2 N–H and O–H groups in total. The van der Waals surface area contributed by atoms with Crippen LogP contribution < -0.4 is 10.6 Å². The molecule has 1 aromatic rings. The van der Waals surface area contributed by atoms with Gasteiger partial charge in [0.15, 0.2) is 0 Å². The lowest BCUT2D eigenvalue weighted by atomic mass is 9.94. The van der Waals surface area contributed by atoms with Crippen LogP contribution in [0.25, 0.3) is 0 Å². The lowest BCUT2D eigenvalue weighted by Crippen LogP contribution is -2.46. The minimum atomic E-state index is -0.266. The summed E-state index contributed by atoms with van der Waals surface area (Å²) in [6.45, 7) is 1.02. The van der Waals surface area contributed by atoms with Crippen molar-refractivity contribution >= 4 is 11.7 Å². The first-order valence-corrected chi connectivity index (χ1v) is 6.22. The van der Waals surface area contributed by atoms with Gasteiger partial charge in [0, 0.05) is 17.3 Å². The van der Waals surface area contributed by atoms with Crippen LogP contribution in [0.2, 0.25) is 0 Å². The van der Waals surface area contributed by atoms with E-state index in [0.29, 0.717) is 5.69 Å². The first-order valence-electron chi connectivity index (χ1n) is 6.22.